The molecule has 3 rings (SSSR count). The minimum atomic E-state index is -0.220. The molecule has 1 amide bonds. The predicted molar refractivity (Wildman–Crippen MR) is 116 cm³/mol. The predicted octanol–water partition coefficient (Wildman–Crippen LogP) is 3.13. The molecule has 144 valence electrons. The summed E-state index contributed by atoms with van der Waals surface area (Å²) >= 11 is 1.15. The second-order valence-corrected chi connectivity index (χ2v) is 6.76. The molecule has 0 spiro atoms. The summed E-state index contributed by atoms with van der Waals surface area (Å²) in [6, 6.07) is 20.8. The molecular weight excluding hydrogens is 374 g/mol. The molecule has 0 aliphatic carbocycles. The van der Waals surface area contributed by atoms with Gasteiger partial charge in [-0.3, -0.25) is 9.80 Å². The maximum absolute atomic E-state index is 12.3. The maximum Gasteiger partial charge on any atom is 0.234 e. The lowest BCUT2D eigenvalue weighted by atomic mass is 10.1. The third-order valence-corrected chi connectivity index (χ3v) is 5.02. The minimum absolute atomic E-state index is 0.0898. The number of ether oxygens (including phenoxy) is 1. The highest BCUT2D eigenvalue weighted by atomic mass is 32.2. The normalized spacial score (nSPS) is 11.3. The number of para-hydroxylation sites is 2. The van der Waals surface area contributed by atoms with Gasteiger partial charge in [0, 0.05) is 5.39 Å². The Balaban J connectivity index is 1.69. The van der Waals surface area contributed by atoms with Crippen LogP contribution in [0, 0.1) is 0 Å². The van der Waals surface area contributed by atoms with Gasteiger partial charge in [-0.2, -0.15) is 5.10 Å². The molecule has 0 fully saturated rings. The average Bonchev–Trinajstić information content (AvgIpc) is 2.74. The summed E-state index contributed by atoms with van der Waals surface area (Å²) in [7, 11) is 1.55. The SMILES string of the molecule is COc1ccccc1NC(=O)CS/C(=N/N)N(N)c1cccc2ccccc12. The van der Waals surface area contributed by atoms with Crippen molar-refractivity contribution in [2.24, 2.45) is 16.8 Å². The highest BCUT2D eigenvalue weighted by molar-refractivity contribution is 8.14. The number of benzene rings is 3. The lowest BCUT2D eigenvalue weighted by molar-refractivity contribution is -0.113. The molecule has 0 atom stereocenters. The van der Waals surface area contributed by atoms with Gasteiger partial charge in [0.05, 0.1) is 24.2 Å². The number of nitrogens with two attached hydrogens (primary N) is 2. The summed E-state index contributed by atoms with van der Waals surface area (Å²) in [6.07, 6.45) is 0. The van der Waals surface area contributed by atoms with Crippen LogP contribution in [-0.2, 0) is 4.79 Å². The fraction of sp³-hybridized carbons (Fsp3) is 0.100. The monoisotopic (exact) mass is 395 g/mol. The quantitative estimate of drug-likeness (QED) is 0.265. The summed E-state index contributed by atoms with van der Waals surface area (Å²) < 4.78 is 5.24. The van der Waals surface area contributed by atoms with Crippen molar-refractivity contribution >= 4 is 45.0 Å². The first kappa shape index (κ1) is 19.5. The molecule has 7 nitrogen and oxygen atoms in total. The number of carbonyl (C=O) groups excluding carboxylic acids is 1. The van der Waals surface area contributed by atoms with Crippen molar-refractivity contribution < 1.29 is 9.53 Å². The molecule has 3 aromatic carbocycles. The van der Waals surface area contributed by atoms with Crippen LogP contribution in [0.3, 0.4) is 0 Å². The van der Waals surface area contributed by atoms with Crippen LogP contribution in [-0.4, -0.2) is 23.9 Å². The molecule has 8 heteroatoms. The summed E-state index contributed by atoms with van der Waals surface area (Å²) in [6.45, 7) is 0. The molecule has 0 radical (unpaired) electrons. The molecule has 0 unspecified atom stereocenters. The van der Waals surface area contributed by atoms with Gasteiger partial charge in [0.2, 0.25) is 11.1 Å². The van der Waals surface area contributed by atoms with Gasteiger partial charge in [-0.05, 0) is 23.6 Å². The molecule has 0 heterocycles. The molecular formula is C20H21N5O2S. The van der Waals surface area contributed by atoms with E-state index in [9.17, 15) is 4.79 Å². The van der Waals surface area contributed by atoms with E-state index < -0.39 is 0 Å². The number of thioether (sulfide) groups is 1. The van der Waals surface area contributed by atoms with E-state index in [1.807, 2.05) is 54.6 Å². The molecule has 0 aromatic heterocycles. The Kier molecular flexibility index (Phi) is 6.36. The van der Waals surface area contributed by atoms with Crippen molar-refractivity contribution in [1.29, 1.82) is 0 Å². The first-order valence-electron chi connectivity index (χ1n) is 8.50. The number of fused-ring (bicyclic) bond motifs is 1. The smallest absolute Gasteiger partial charge is 0.234 e. The van der Waals surface area contributed by atoms with E-state index in [0.29, 0.717) is 16.6 Å². The third kappa shape index (κ3) is 4.36. The Morgan fingerprint density at radius 1 is 1.11 bits per heavy atom. The zero-order valence-corrected chi connectivity index (χ0v) is 16.1. The number of hydrogen-bond acceptors (Lipinski definition) is 6. The second-order valence-electron chi connectivity index (χ2n) is 5.82. The standard InChI is InChI=1S/C20H21N5O2S/c1-27-18-12-5-4-10-16(18)23-19(26)13-28-20(24-21)25(22)17-11-6-8-14-7-2-3-9-15(14)17/h2-12H,13,21-22H2,1H3,(H,23,26)/b24-20+. The number of nitrogens with zero attached hydrogens (tertiary/aromatic N) is 2. The highest BCUT2D eigenvalue weighted by Crippen LogP contribution is 2.27. The van der Waals surface area contributed by atoms with E-state index in [2.05, 4.69) is 10.4 Å². The Bertz CT molecular complexity index is 1000. The van der Waals surface area contributed by atoms with Gasteiger partial charge < -0.3 is 15.9 Å². The summed E-state index contributed by atoms with van der Waals surface area (Å²) in [5, 5.41) is 10.3. The number of amides is 1. The van der Waals surface area contributed by atoms with Crippen LogP contribution in [0.2, 0.25) is 0 Å². The number of carbonyl (C=O) groups is 1. The van der Waals surface area contributed by atoms with E-state index in [0.717, 1.165) is 28.2 Å². The Morgan fingerprint density at radius 3 is 2.61 bits per heavy atom. The van der Waals surface area contributed by atoms with Gasteiger partial charge in [-0.1, -0.05) is 60.3 Å². The van der Waals surface area contributed by atoms with Gasteiger partial charge in [0.1, 0.15) is 5.75 Å². The summed E-state index contributed by atoms with van der Waals surface area (Å²) in [5.74, 6) is 12.2. The molecule has 28 heavy (non-hydrogen) atoms. The number of hydrazone groups is 1. The van der Waals surface area contributed by atoms with E-state index in [-0.39, 0.29) is 11.7 Å². The first-order valence-corrected chi connectivity index (χ1v) is 9.48. The van der Waals surface area contributed by atoms with Gasteiger partial charge in [0.25, 0.3) is 0 Å². The molecule has 5 N–H and O–H groups in total. The fourth-order valence-electron chi connectivity index (χ4n) is 2.75. The summed E-state index contributed by atoms with van der Waals surface area (Å²) in [4.78, 5) is 12.3. The largest absolute Gasteiger partial charge is 0.495 e. The number of methoxy groups -OCH3 is 1. The number of hydrazine groups is 1. The van der Waals surface area contributed by atoms with E-state index in [1.54, 1.807) is 19.2 Å². The zero-order chi connectivity index (χ0) is 19.9. The van der Waals surface area contributed by atoms with E-state index in [1.165, 1.54) is 5.01 Å². The van der Waals surface area contributed by atoms with Crippen molar-refractivity contribution in [3.8, 4) is 5.75 Å². The molecule has 0 bridgehead atoms. The van der Waals surface area contributed by atoms with Crippen molar-refractivity contribution in [3.05, 3.63) is 66.7 Å². The second kappa shape index (κ2) is 9.12. The van der Waals surface area contributed by atoms with Crippen LogP contribution in [0.5, 0.6) is 5.75 Å². The number of anilines is 2. The zero-order valence-electron chi connectivity index (χ0n) is 15.3. The van der Waals surface area contributed by atoms with Crippen LogP contribution in [0.4, 0.5) is 11.4 Å². The lowest BCUT2D eigenvalue weighted by Crippen LogP contribution is -2.37. The minimum Gasteiger partial charge on any atom is -0.495 e. The maximum atomic E-state index is 12.3. The van der Waals surface area contributed by atoms with Crippen LogP contribution in [0.1, 0.15) is 0 Å². The third-order valence-electron chi connectivity index (χ3n) is 4.06. The van der Waals surface area contributed by atoms with Crippen molar-refractivity contribution in [1.82, 2.24) is 0 Å². The lowest BCUT2D eigenvalue weighted by Gasteiger charge is -2.21. The number of amidine groups is 1. The molecule has 0 aliphatic heterocycles. The topological polar surface area (TPSA) is 106 Å². The van der Waals surface area contributed by atoms with Crippen LogP contribution in [0.25, 0.3) is 10.8 Å². The Morgan fingerprint density at radius 2 is 1.82 bits per heavy atom. The van der Waals surface area contributed by atoms with Crippen LogP contribution >= 0.6 is 11.8 Å². The average molecular weight is 395 g/mol. The Hall–Kier alpha value is -3.23. The van der Waals surface area contributed by atoms with Gasteiger partial charge in [0.15, 0.2) is 0 Å². The van der Waals surface area contributed by atoms with Crippen molar-refractivity contribution in [2.75, 3.05) is 23.2 Å². The van der Waals surface area contributed by atoms with Gasteiger partial charge in [-0.15, -0.1) is 0 Å². The number of hydrogen-bond donors (Lipinski definition) is 3. The number of rotatable bonds is 5. The van der Waals surface area contributed by atoms with Gasteiger partial charge >= 0.3 is 0 Å². The first-order chi connectivity index (χ1) is 13.6. The van der Waals surface area contributed by atoms with Crippen molar-refractivity contribution in [3.63, 3.8) is 0 Å². The molecule has 0 saturated heterocycles. The van der Waals surface area contributed by atoms with Gasteiger partial charge in [-0.25, -0.2) is 5.84 Å². The molecule has 0 aliphatic rings. The van der Waals surface area contributed by atoms with Crippen molar-refractivity contribution in [2.45, 2.75) is 0 Å². The van der Waals surface area contributed by atoms with E-state index >= 15 is 0 Å². The van der Waals surface area contributed by atoms with Crippen LogP contribution in [0.15, 0.2) is 71.8 Å². The summed E-state index contributed by atoms with van der Waals surface area (Å²) in [5.41, 5.74) is 1.35. The number of nitrogens with one attached hydrogen (secondary N) is 1. The van der Waals surface area contributed by atoms with E-state index in [4.69, 9.17) is 16.4 Å². The Labute approximate surface area is 167 Å². The fourth-order valence-corrected chi connectivity index (χ4v) is 3.40. The molecule has 0 saturated carbocycles. The molecule has 3 aromatic rings. The van der Waals surface area contributed by atoms with Crippen LogP contribution < -0.4 is 26.7 Å². The highest BCUT2D eigenvalue weighted by Gasteiger charge is 2.16.